The number of hydrogen-bond donors (Lipinski definition) is 0. The Labute approximate surface area is 193 Å². The van der Waals surface area contributed by atoms with E-state index in [4.69, 9.17) is 18.9 Å². The van der Waals surface area contributed by atoms with E-state index in [9.17, 15) is 4.79 Å². The Kier molecular flexibility index (Phi) is 5.44. The van der Waals surface area contributed by atoms with E-state index in [2.05, 4.69) is 18.0 Å². The van der Waals surface area contributed by atoms with Crippen LogP contribution in [0.1, 0.15) is 65.3 Å². The molecule has 170 valence electrons. The fraction of sp³-hybridized carbons (Fsp3) is 0.333. The van der Waals surface area contributed by atoms with Crippen LogP contribution in [-0.4, -0.2) is 25.2 Å². The topological polar surface area (TPSA) is 66.9 Å². The van der Waals surface area contributed by atoms with Gasteiger partial charge in [0.05, 0.1) is 19.8 Å². The Balaban J connectivity index is 1.72. The monoisotopic (exact) mass is 445 g/mol. The van der Waals surface area contributed by atoms with Gasteiger partial charge in [0.1, 0.15) is 28.7 Å². The molecule has 1 unspecified atom stereocenters. The van der Waals surface area contributed by atoms with E-state index in [0.717, 1.165) is 41.7 Å². The number of rotatable bonds is 7. The number of carbonyl (C=O) groups is 1. The molecule has 5 rings (SSSR count). The Morgan fingerprint density at radius 2 is 1.82 bits per heavy atom. The van der Waals surface area contributed by atoms with Crippen LogP contribution in [0.3, 0.4) is 0 Å². The molecule has 6 heteroatoms. The zero-order valence-electron chi connectivity index (χ0n) is 19.1. The van der Waals surface area contributed by atoms with Crippen LogP contribution in [-0.2, 0) is 16.8 Å². The standard InChI is InChI=1S/C27H27NO5/c1-4-5-6-7-9-17-14-21-24(16-22(17)31-3)32-23-15-18(30-2)11-12-20(23)27(21)25-19(26(29)33-27)10-8-13-28-25/h8,10-16H,4-7,9H2,1-3H3. The van der Waals surface area contributed by atoms with Crippen LogP contribution >= 0.6 is 0 Å². The molecule has 1 aromatic heterocycles. The second-order valence-corrected chi connectivity index (χ2v) is 8.41. The molecule has 0 radical (unpaired) electrons. The second-order valence-electron chi connectivity index (χ2n) is 8.41. The van der Waals surface area contributed by atoms with E-state index in [-0.39, 0.29) is 0 Å². The summed E-state index contributed by atoms with van der Waals surface area (Å²) in [5.41, 5.74) is 2.40. The molecule has 0 aliphatic carbocycles. The third kappa shape index (κ3) is 3.32. The lowest BCUT2D eigenvalue weighted by molar-refractivity contribution is 0.0215. The first-order valence-electron chi connectivity index (χ1n) is 11.4. The van der Waals surface area contributed by atoms with Crippen molar-refractivity contribution in [3.63, 3.8) is 0 Å². The van der Waals surface area contributed by atoms with E-state index in [1.165, 1.54) is 12.8 Å². The van der Waals surface area contributed by atoms with Gasteiger partial charge in [-0.1, -0.05) is 26.2 Å². The number of hydrogen-bond acceptors (Lipinski definition) is 6. The lowest BCUT2D eigenvalue weighted by atomic mass is 9.79. The lowest BCUT2D eigenvalue weighted by Crippen LogP contribution is -2.34. The van der Waals surface area contributed by atoms with Crippen molar-refractivity contribution in [3.8, 4) is 23.0 Å². The van der Waals surface area contributed by atoms with Gasteiger partial charge in [-0.05, 0) is 48.7 Å². The number of benzene rings is 2. The van der Waals surface area contributed by atoms with Crippen LogP contribution in [0, 0.1) is 0 Å². The highest BCUT2D eigenvalue weighted by molar-refractivity contribution is 5.96. The summed E-state index contributed by atoms with van der Waals surface area (Å²) >= 11 is 0. The van der Waals surface area contributed by atoms with Crippen molar-refractivity contribution >= 4 is 5.97 Å². The number of pyridine rings is 1. The fourth-order valence-electron chi connectivity index (χ4n) is 4.82. The van der Waals surface area contributed by atoms with Gasteiger partial charge in [0.15, 0.2) is 0 Å². The lowest BCUT2D eigenvalue weighted by Gasteiger charge is -2.36. The summed E-state index contributed by atoms with van der Waals surface area (Å²) in [4.78, 5) is 17.6. The molecular weight excluding hydrogens is 418 g/mol. The van der Waals surface area contributed by atoms with Gasteiger partial charge < -0.3 is 18.9 Å². The van der Waals surface area contributed by atoms with Gasteiger partial charge in [0.2, 0.25) is 5.60 Å². The van der Waals surface area contributed by atoms with Crippen molar-refractivity contribution in [2.24, 2.45) is 0 Å². The molecule has 2 aliphatic rings. The molecule has 1 atom stereocenters. The Morgan fingerprint density at radius 1 is 0.970 bits per heavy atom. The van der Waals surface area contributed by atoms with Gasteiger partial charge in [-0.2, -0.15) is 0 Å². The molecule has 0 bridgehead atoms. The van der Waals surface area contributed by atoms with Gasteiger partial charge >= 0.3 is 5.97 Å². The number of ether oxygens (including phenoxy) is 4. The highest BCUT2D eigenvalue weighted by Gasteiger charge is 2.55. The van der Waals surface area contributed by atoms with Crippen molar-refractivity contribution in [3.05, 3.63) is 76.6 Å². The molecule has 3 aromatic rings. The number of aryl methyl sites for hydroxylation is 1. The van der Waals surface area contributed by atoms with Crippen molar-refractivity contribution < 1.29 is 23.7 Å². The molecule has 0 fully saturated rings. The van der Waals surface area contributed by atoms with Crippen LogP contribution in [0.15, 0.2) is 48.7 Å². The quantitative estimate of drug-likeness (QED) is 0.339. The second kappa shape index (κ2) is 8.43. The van der Waals surface area contributed by atoms with E-state index >= 15 is 0 Å². The summed E-state index contributed by atoms with van der Waals surface area (Å²) in [6, 6.07) is 13.0. The molecule has 1 spiro atoms. The predicted molar refractivity (Wildman–Crippen MR) is 123 cm³/mol. The van der Waals surface area contributed by atoms with Crippen molar-refractivity contribution in [2.75, 3.05) is 14.2 Å². The Morgan fingerprint density at radius 3 is 2.61 bits per heavy atom. The van der Waals surface area contributed by atoms with Crippen LogP contribution < -0.4 is 14.2 Å². The first-order valence-corrected chi connectivity index (χ1v) is 11.4. The molecule has 2 aliphatic heterocycles. The fourth-order valence-corrected chi connectivity index (χ4v) is 4.82. The SMILES string of the molecule is CCCCCCc1cc2c(cc1OC)Oc1cc(OC)ccc1C21OC(=O)c2cccnc21. The number of esters is 1. The number of nitrogens with zero attached hydrogens (tertiary/aromatic N) is 1. The maximum atomic E-state index is 13.0. The van der Waals surface area contributed by atoms with E-state index in [0.29, 0.717) is 28.5 Å². The third-order valence-corrected chi connectivity index (χ3v) is 6.46. The molecular formula is C27H27NO5. The zero-order chi connectivity index (χ0) is 23.0. The summed E-state index contributed by atoms with van der Waals surface area (Å²) < 4.78 is 23.6. The largest absolute Gasteiger partial charge is 0.497 e. The van der Waals surface area contributed by atoms with Gasteiger partial charge in [0, 0.05) is 29.5 Å². The van der Waals surface area contributed by atoms with Gasteiger partial charge in [-0.3, -0.25) is 4.98 Å². The minimum absolute atomic E-state index is 0.395. The molecule has 0 N–H and O–H groups in total. The number of carbonyl (C=O) groups excluding carboxylic acids is 1. The van der Waals surface area contributed by atoms with Crippen molar-refractivity contribution in [2.45, 2.75) is 44.6 Å². The summed E-state index contributed by atoms with van der Waals surface area (Å²) in [5.74, 6) is 2.16. The Bertz CT molecular complexity index is 1220. The maximum absolute atomic E-state index is 13.0. The van der Waals surface area contributed by atoms with Crippen LogP contribution in [0.25, 0.3) is 0 Å². The summed E-state index contributed by atoms with van der Waals surface area (Å²) in [6.07, 6.45) is 7.14. The molecule has 3 heterocycles. The molecule has 0 saturated heterocycles. The van der Waals surface area contributed by atoms with Crippen LogP contribution in [0.5, 0.6) is 23.0 Å². The average Bonchev–Trinajstić information content (AvgIpc) is 3.14. The highest BCUT2D eigenvalue weighted by atomic mass is 16.6. The molecule has 0 amide bonds. The van der Waals surface area contributed by atoms with E-state index in [1.54, 1.807) is 38.6 Å². The minimum atomic E-state index is -1.19. The minimum Gasteiger partial charge on any atom is -0.497 e. The molecule has 6 nitrogen and oxygen atoms in total. The summed E-state index contributed by atoms with van der Waals surface area (Å²) in [7, 11) is 3.27. The number of methoxy groups -OCH3 is 2. The maximum Gasteiger partial charge on any atom is 0.341 e. The van der Waals surface area contributed by atoms with Crippen molar-refractivity contribution in [1.82, 2.24) is 4.98 Å². The summed E-state index contributed by atoms with van der Waals surface area (Å²) in [6.45, 7) is 2.20. The number of aromatic nitrogens is 1. The summed E-state index contributed by atoms with van der Waals surface area (Å²) in [5, 5.41) is 0. The van der Waals surface area contributed by atoms with Gasteiger partial charge in [-0.15, -0.1) is 0 Å². The highest BCUT2D eigenvalue weighted by Crippen LogP contribution is 2.57. The van der Waals surface area contributed by atoms with Gasteiger partial charge in [0.25, 0.3) is 0 Å². The third-order valence-electron chi connectivity index (χ3n) is 6.46. The normalized spacial score (nSPS) is 17.6. The smallest absolute Gasteiger partial charge is 0.341 e. The average molecular weight is 446 g/mol. The predicted octanol–water partition coefficient (Wildman–Crippen LogP) is 5.79. The number of unbranched alkanes of at least 4 members (excludes halogenated alkanes) is 3. The number of fused-ring (bicyclic) bond motifs is 6. The first-order chi connectivity index (χ1) is 16.1. The van der Waals surface area contributed by atoms with Crippen LogP contribution in [0.2, 0.25) is 0 Å². The van der Waals surface area contributed by atoms with E-state index < -0.39 is 11.6 Å². The first kappa shape index (κ1) is 21.3. The van der Waals surface area contributed by atoms with Gasteiger partial charge in [-0.25, -0.2) is 4.79 Å². The van der Waals surface area contributed by atoms with Crippen molar-refractivity contribution in [1.29, 1.82) is 0 Å². The zero-order valence-corrected chi connectivity index (χ0v) is 19.1. The molecule has 33 heavy (non-hydrogen) atoms. The molecule has 2 aromatic carbocycles. The molecule has 0 saturated carbocycles. The Hall–Kier alpha value is -3.54. The van der Waals surface area contributed by atoms with E-state index in [1.807, 2.05) is 18.2 Å². The van der Waals surface area contributed by atoms with Crippen LogP contribution in [0.4, 0.5) is 0 Å².